The summed E-state index contributed by atoms with van der Waals surface area (Å²) in [6.07, 6.45) is -2.46. The van der Waals surface area contributed by atoms with Crippen molar-refractivity contribution in [3.63, 3.8) is 0 Å². The van der Waals surface area contributed by atoms with Gasteiger partial charge in [0.05, 0.1) is 19.3 Å². The Labute approximate surface area is 70.0 Å². The van der Waals surface area contributed by atoms with Gasteiger partial charge in [-0.15, -0.1) is 0 Å². The van der Waals surface area contributed by atoms with Gasteiger partial charge in [-0.3, -0.25) is 0 Å². The van der Waals surface area contributed by atoms with Crippen LogP contribution in [0.15, 0.2) is 0 Å². The van der Waals surface area contributed by atoms with Gasteiger partial charge in [-0.05, 0) is 0 Å². The Kier molecular flexibility index (Phi) is 4.42. The highest BCUT2D eigenvalue weighted by Gasteiger charge is 2.13. The molecule has 0 amide bonds. The zero-order chi connectivity index (χ0) is 8.81. The third-order valence-corrected chi connectivity index (χ3v) is 1.55. The molecule has 1 heterocycles. The Bertz CT molecular complexity index is 118. The van der Waals surface area contributed by atoms with E-state index in [1.807, 2.05) is 0 Å². The van der Waals surface area contributed by atoms with Gasteiger partial charge in [-0.25, -0.2) is 8.78 Å². The van der Waals surface area contributed by atoms with E-state index in [1.54, 1.807) is 0 Å². The lowest BCUT2D eigenvalue weighted by molar-refractivity contribution is -0.0558. The van der Waals surface area contributed by atoms with Gasteiger partial charge in [-0.1, -0.05) is 0 Å². The van der Waals surface area contributed by atoms with Gasteiger partial charge in [-0.2, -0.15) is 0 Å². The van der Waals surface area contributed by atoms with Crippen molar-refractivity contribution < 1.29 is 18.3 Å². The van der Waals surface area contributed by atoms with E-state index in [0.717, 1.165) is 6.54 Å². The molecule has 1 rings (SSSR count). The van der Waals surface area contributed by atoms with E-state index in [0.29, 0.717) is 13.2 Å². The van der Waals surface area contributed by atoms with Crippen molar-refractivity contribution in [2.24, 2.45) is 0 Å². The monoisotopic (exact) mass is 181 g/mol. The Morgan fingerprint density at radius 2 is 2.42 bits per heavy atom. The molecule has 72 valence electrons. The van der Waals surface area contributed by atoms with Gasteiger partial charge in [0, 0.05) is 13.1 Å². The predicted molar refractivity (Wildman–Crippen MR) is 39.4 cm³/mol. The molecule has 12 heavy (non-hydrogen) atoms. The SMILES string of the molecule is FC(F)COCC1CNCCO1. The molecule has 5 heteroatoms. The highest BCUT2D eigenvalue weighted by atomic mass is 19.3. The second kappa shape index (κ2) is 5.40. The molecule has 1 saturated heterocycles. The average Bonchev–Trinajstić information content (AvgIpc) is 2.05. The number of nitrogens with one attached hydrogen (secondary N) is 1. The zero-order valence-electron chi connectivity index (χ0n) is 6.76. The molecule has 1 aliphatic heterocycles. The topological polar surface area (TPSA) is 30.5 Å². The maximum Gasteiger partial charge on any atom is 0.261 e. The van der Waals surface area contributed by atoms with Crippen molar-refractivity contribution in [3.8, 4) is 0 Å². The molecule has 0 aliphatic carbocycles. The van der Waals surface area contributed by atoms with Crippen molar-refractivity contribution >= 4 is 0 Å². The number of alkyl halides is 2. The Hall–Kier alpha value is -0.260. The summed E-state index contributed by atoms with van der Waals surface area (Å²) >= 11 is 0. The maximum absolute atomic E-state index is 11.6. The molecule has 1 atom stereocenters. The number of rotatable bonds is 4. The minimum absolute atomic E-state index is 0.0718. The van der Waals surface area contributed by atoms with Crippen molar-refractivity contribution in [1.82, 2.24) is 5.32 Å². The van der Waals surface area contributed by atoms with Gasteiger partial charge in [0.15, 0.2) is 0 Å². The van der Waals surface area contributed by atoms with E-state index in [2.05, 4.69) is 5.32 Å². The molecule has 0 spiro atoms. The molecule has 1 fully saturated rings. The van der Waals surface area contributed by atoms with Crippen molar-refractivity contribution in [1.29, 1.82) is 0 Å². The molecule has 3 nitrogen and oxygen atoms in total. The van der Waals surface area contributed by atoms with Crippen LogP contribution in [0.5, 0.6) is 0 Å². The van der Waals surface area contributed by atoms with Gasteiger partial charge in [0.1, 0.15) is 6.61 Å². The van der Waals surface area contributed by atoms with E-state index in [-0.39, 0.29) is 12.7 Å². The van der Waals surface area contributed by atoms with Gasteiger partial charge in [0.25, 0.3) is 6.43 Å². The fraction of sp³-hybridized carbons (Fsp3) is 1.00. The lowest BCUT2D eigenvalue weighted by atomic mass is 10.3. The summed E-state index contributed by atoms with van der Waals surface area (Å²) < 4.78 is 33.2. The van der Waals surface area contributed by atoms with E-state index in [1.165, 1.54) is 0 Å². The number of halogens is 2. The van der Waals surface area contributed by atoms with Crippen LogP contribution in [0.3, 0.4) is 0 Å². The average molecular weight is 181 g/mol. The van der Waals surface area contributed by atoms with Crippen LogP contribution in [0.25, 0.3) is 0 Å². The lowest BCUT2D eigenvalue weighted by Gasteiger charge is -2.23. The fourth-order valence-corrected chi connectivity index (χ4v) is 1.02. The molecule has 0 bridgehead atoms. The molecular weight excluding hydrogens is 168 g/mol. The smallest absolute Gasteiger partial charge is 0.261 e. The van der Waals surface area contributed by atoms with Crippen LogP contribution in [0.2, 0.25) is 0 Å². The minimum atomic E-state index is -2.39. The molecule has 0 saturated carbocycles. The molecule has 0 aromatic carbocycles. The lowest BCUT2D eigenvalue weighted by Crippen LogP contribution is -2.41. The maximum atomic E-state index is 11.6. The number of hydrogen-bond donors (Lipinski definition) is 1. The molecule has 0 aromatic heterocycles. The second-order valence-electron chi connectivity index (χ2n) is 2.63. The Balaban J connectivity index is 1.98. The summed E-state index contributed by atoms with van der Waals surface area (Å²) in [5.74, 6) is 0. The van der Waals surface area contributed by atoms with Crippen LogP contribution in [-0.2, 0) is 9.47 Å². The first kappa shape index (κ1) is 9.83. The Morgan fingerprint density at radius 3 is 3.00 bits per heavy atom. The first-order valence-corrected chi connectivity index (χ1v) is 3.97. The molecule has 1 unspecified atom stereocenters. The molecule has 0 radical (unpaired) electrons. The second-order valence-corrected chi connectivity index (χ2v) is 2.63. The predicted octanol–water partition coefficient (Wildman–Crippen LogP) is 0.257. The summed E-state index contributed by atoms with van der Waals surface area (Å²) in [6.45, 7) is 1.88. The van der Waals surface area contributed by atoms with Crippen molar-refractivity contribution in [2.75, 3.05) is 32.9 Å². The largest absolute Gasteiger partial charge is 0.373 e. The third kappa shape index (κ3) is 3.94. The van der Waals surface area contributed by atoms with E-state index in [4.69, 9.17) is 9.47 Å². The minimum Gasteiger partial charge on any atom is -0.373 e. The number of morpholine rings is 1. The van der Waals surface area contributed by atoms with E-state index < -0.39 is 13.0 Å². The summed E-state index contributed by atoms with van der Waals surface area (Å²) in [4.78, 5) is 0. The third-order valence-electron chi connectivity index (χ3n) is 1.55. The molecule has 0 aromatic rings. The van der Waals surface area contributed by atoms with Gasteiger partial charge in [0.2, 0.25) is 0 Å². The van der Waals surface area contributed by atoms with Crippen molar-refractivity contribution in [2.45, 2.75) is 12.5 Å². The van der Waals surface area contributed by atoms with Crippen LogP contribution < -0.4 is 5.32 Å². The number of ether oxygens (including phenoxy) is 2. The summed E-state index contributed by atoms with van der Waals surface area (Å²) in [6, 6.07) is 0. The first-order valence-electron chi connectivity index (χ1n) is 3.97. The van der Waals surface area contributed by atoms with Crippen LogP contribution in [0.4, 0.5) is 8.78 Å². The highest BCUT2D eigenvalue weighted by Crippen LogP contribution is 1.98. The van der Waals surface area contributed by atoms with Crippen LogP contribution in [-0.4, -0.2) is 45.4 Å². The van der Waals surface area contributed by atoms with Crippen LogP contribution >= 0.6 is 0 Å². The standard InChI is InChI=1S/C7H13F2NO2/c8-7(9)5-11-4-6-3-10-1-2-12-6/h6-7,10H,1-5H2. The first-order chi connectivity index (χ1) is 5.79. The Morgan fingerprint density at radius 1 is 1.58 bits per heavy atom. The highest BCUT2D eigenvalue weighted by molar-refractivity contribution is 4.65. The fourth-order valence-electron chi connectivity index (χ4n) is 1.02. The number of hydrogen-bond acceptors (Lipinski definition) is 3. The van der Waals surface area contributed by atoms with Crippen LogP contribution in [0.1, 0.15) is 0 Å². The van der Waals surface area contributed by atoms with Gasteiger partial charge >= 0.3 is 0 Å². The molecule has 1 aliphatic rings. The summed E-state index contributed by atoms with van der Waals surface area (Å²) in [7, 11) is 0. The van der Waals surface area contributed by atoms with E-state index in [9.17, 15) is 8.78 Å². The van der Waals surface area contributed by atoms with Gasteiger partial charge < -0.3 is 14.8 Å². The molecular formula is C7H13F2NO2. The summed E-state index contributed by atoms with van der Waals surface area (Å²) in [5.41, 5.74) is 0. The van der Waals surface area contributed by atoms with Crippen LogP contribution in [0, 0.1) is 0 Å². The van der Waals surface area contributed by atoms with Crippen molar-refractivity contribution in [3.05, 3.63) is 0 Å². The van der Waals surface area contributed by atoms with E-state index >= 15 is 0 Å². The normalized spacial score (nSPS) is 24.8. The molecule has 1 N–H and O–H groups in total. The zero-order valence-corrected chi connectivity index (χ0v) is 6.76. The summed E-state index contributed by atoms with van der Waals surface area (Å²) in [5, 5.41) is 3.08. The quantitative estimate of drug-likeness (QED) is 0.674.